The molecule has 1 saturated heterocycles. The number of carbonyl (C=O) groups is 1. The molecule has 2 atom stereocenters. The van der Waals surface area contributed by atoms with Crippen LogP contribution in [0.25, 0.3) is 0 Å². The van der Waals surface area contributed by atoms with Crippen molar-refractivity contribution in [2.75, 3.05) is 6.54 Å². The lowest BCUT2D eigenvalue weighted by Gasteiger charge is -2.36. The van der Waals surface area contributed by atoms with Gasteiger partial charge in [0.2, 0.25) is 0 Å². The van der Waals surface area contributed by atoms with Crippen molar-refractivity contribution in [1.29, 1.82) is 0 Å². The van der Waals surface area contributed by atoms with Crippen LogP contribution in [0.3, 0.4) is 0 Å². The van der Waals surface area contributed by atoms with Gasteiger partial charge in [0, 0.05) is 24.8 Å². The Morgan fingerprint density at radius 1 is 1.73 bits per heavy atom. The Balaban J connectivity index is 2.08. The topological polar surface area (TPSA) is 75.0 Å². The zero-order valence-electron chi connectivity index (χ0n) is 8.81. The Bertz CT molecular complexity index is 335. The van der Waals surface area contributed by atoms with Gasteiger partial charge in [0.05, 0.1) is 0 Å². The Labute approximate surface area is 88.6 Å². The van der Waals surface area contributed by atoms with Crippen molar-refractivity contribution in [1.82, 2.24) is 15.1 Å². The number of nitrogens with zero attached hydrogens (tertiary/aromatic N) is 2. The number of hydrogen-bond donors (Lipinski definition) is 2. The fourth-order valence-electron chi connectivity index (χ4n) is 2.04. The molecule has 2 heterocycles. The predicted octanol–water partition coefficient (Wildman–Crippen LogP) is 0.361. The summed E-state index contributed by atoms with van der Waals surface area (Å²) in [5.74, 6) is 0.0203. The van der Waals surface area contributed by atoms with E-state index >= 15 is 0 Å². The third-order valence-electron chi connectivity index (χ3n) is 2.91. The van der Waals surface area contributed by atoms with Crippen LogP contribution in [-0.4, -0.2) is 39.6 Å². The minimum atomic E-state index is 0.0203. The lowest BCUT2D eigenvalue weighted by Crippen LogP contribution is -2.48. The summed E-state index contributed by atoms with van der Waals surface area (Å²) in [5, 5.41) is 6.47. The molecular formula is C10H16N4O. The average molecular weight is 208 g/mol. The van der Waals surface area contributed by atoms with Gasteiger partial charge in [-0.1, -0.05) is 0 Å². The van der Waals surface area contributed by atoms with Gasteiger partial charge in [-0.15, -0.1) is 0 Å². The summed E-state index contributed by atoms with van der Waals surface area (Å²) in [4.78, 5) is 13.8. The largest absolute Gasteiger partial charge is 0.335 e. The van der Waals surface area contributed by atoms with Crippen molar-refractivity contribution >= 4 is 5.91 Å². The highest BCUT2D eigenvalue weighted by molar-refractivity contribution is 5.92. The van der Waals surface area contributed by atoms with E-state index in [1.165, 1.54) is 0 Å². The van der Waals surface area contributed by atoms with Gasteiger partial charge in [0.25, 0.3) is 5.91 Å². The second-order valence-corrected chi connectivity index (χ2v) is 4.10. The number of H-pyrrole nitrogens is 1. The van der Waals surface area contributed by atoms with Gasteiger partial charge in [0.1, 0.15) is 5.69 Å². The number of piperidine rings is 1. The summed E-state index contributed by atoms with van der Waals surface area (Å²) in [5.41, 5.74) is 6.40. The van der Waals surface area contributed by atoms with Crippen molar-refractivity contribution in [3.05, 3.63) is 18.0 Å². The van der Waals surface area contributed by atoms with E-state index < -0.39 is 0 Å². The van der Waals surface area contributed by atoms with Crippen molar-refractivity contribution in [3.8, 4) is 0 Å². The van der Waals surface area contributed by atoms with Gasteiger partial charge < -0.3 is 10.6 Å². The average Bonchev–Trinajstić information content (AvgIpc) is 2.69. The maximum absolute atomic E-state index is 12.0. The molecule has 15 heavy (non-hydrogen) atoms. The number of nitrogens with two attached hydrogens (primary N) is 1. The first kappa shape index (κ1) is 10.2. The number of carbonyl (C=O) groups excluding carboxylic acids is 1. The minimum absolute atomic E-state index is 0.0203. The summed E-state index contributed by atoms with van der Waals surface area (Å²) in [7, 11) is 0. The first-order valence-electron chi connectivity index (χ1n) is 5.24. The van der Waals surface area contributed by atoms with E-state index in [2.05, 4.69) is 10.2 Å². The predicted molar refractivity (Wildman–Crippen MR) is 56.3 cm³/mol. The molecule has 5 nitrogen and oxygen atoms in total. The lowest BCUT2D eigenvalue weighted by atomic mass is 9.99. The highest BCUT2D eigenvalue weighted by Gasteiger charge is 2.28. The number of aromatic amines is 1. The molecule has 82 valence electrons. The molecule has 0 saturated carbocycles. The molecule has 1 aromatic rings. The second kappa shape index (κ2) is 4.02. The zero-order chi connectivity index (χ0) is 10.8. The van der Waals surface area contributed by atoms with Crippen LogP contribution in [0.15, 0.2) is 12.3 Å². The van der Waals surface area contributed by atoms with E-state index in [0.29, 0.717) is 5.69 Å². The lowest BCUT2D eigenvalue weighted by molar-refractivity contribution is 0.0613. The normalized spacial score (nSPS) is 26.7. The smallest absolute Gasteiger partial charge is 0.272 e. The third kappa shape index (κ3) is 2.02. The monoisotopic (exact) mass is 208 g/mol. The van der Waals surface area contributed by atoms with Gasteiger partial charge in [-0.05, 0) is 25.8 Å². The number of amides is 1. The standard InChI is InChI=1S/C10H16N4O/c1-7-6-8(11)3-5-14(7)10(15)9-2-4-12-13-9/h2,4,7-8H,3,5-6,11H2,1H3,(H,12,13). The molecule has 0 spiro atoms. The van der Waals surface area contributed by atoms with E-state index in [-0.39, 0.29) is 18.0 Å². The third-order valence-corrected chi connectivity index (χ3v) is 2.91. The molecular weight excluding hydrogens is 192 g/mol. The van der Waals surface area contributed by atoms with Crippen molar-refractivity contribution < 1.29 is 4.79 Å². The summed E-state index contributed by atoms with van der Waals surface area (Å²) >= 11 is 0. The number of hydrogen-bond acceptors (Lipinski definition) is 3. The van der Waals surface area contributed by atoms with Crippen molar-refractivity contribution in [2.24, 2.45) is 5.73 Å². The van der Waals surface area contributed by atoms with Crippen LogP contribution < -0.4 is 5.73 Å². The van der Waals surface area contributed by atoms with Crippen LogP contribution in [0.5, 0.6) is 0 Å². The van der Waals surface area contributed by atoms with Crippen LogP contribution >= 0.6 is 0 Å². The van der Waals surface area contributed by atoms with Crippen LogP contribution in [0.1, 0.15) is 30.3 Å². The van der Waals surface area contributed by atoms with Crippen LogP contribution in [0, 0.1) is 0 Å². The quantitative estimate of drug-likeness (QED) is 0.699. The molecule has 5 heteroatoms. The molecule has 0 radical (unpaired) electrons. The summed E-state index contributed by atoms with van der Waals surface area (Å²) < 4.78 is 0. The minimum Gasteiger partial charge on any atom is -0.335 e. The number of likely N-dealkylation sites (tertiary alicyclic amines) is 1. The van der Waals surface area contributed by atoms with E-state index in [4.69, 9.17) is 5.73 Å². The molecule has 1 aliphatic rings. The van der Waals surface area contributed by atoms with E-state index in [0.717, 1.165) is 19.4 Å². The first-order chi connectivity index (χ1) is 7.18. The van der Waals surface area contributed by atoms with E-state index in [1.807, 2.05) is 11.8 Å². The molecule has 3 N–H and O–H groups in total. The Morgan fingerprint density at radius 3 is 3.13 bits per heavy atom. The molecule has 0 aromatic carbocycles. The van der Waals surface area contributed by atoms with Gasteiger partial charge in [-0.25, -0.2) is 0 Å². The Hall–Kier alpha value is -1.36. The maximum Gasteiger partial charge on any atom is 0.272 e. The molecule has 2 unspecified atom stereocenters. The van der Waals surface area contributed by atoms with Crippen LogP contribution in [-0.2, 0) is 0 Å². The number of rotatable bonds is 1. The number of aromatic nitrogens is 2. The van der Waals surface area contributed by atoms with Gasteiger partial charge in [-0.3, -0.25) is 9.89 Å². The fourth-order valence-corrected chi connectivity index (χ4v) is 2.04. The maximum atomic E-state index is 12.0. The summed E-state index contributed by atoms with van der Waals surface area (Å²) in [6, 6.07) is 2.14. The van der Waals surface area contributed by atoms with E-state index in [1.54, 1.807) is 12.3 Å². The number of nitrogens with one attached hydrogen (secondary N) is 1. The van der Waals surface area contributed by atoms with Crippen molar-refractivity contribution in [2.45, 2.75) is 31.8 Å². The Morgan fingerprint density at radius 2 is 2.53 bits per heavy atom. The molecule has 1 amide bonds. The second-order valence-electron chi connectivity index (χ2n) is 4.10. The van der Waals surface area contributed by atoms with Crippen molar-refractivity contribution in [3.63, 3.8) is 0 Å². The van der Waals surface area contributed by atoms with Crippen LogP contribution in [0.4, 0.5) is 0 Å². The molecule has 1 fully saturated rings. The highest BCUT2D eigenvalue weighted by atomic mass is 16.2. The summed E-state index contributed by atoms with van der Waals surface area (Å²) in [6.45, 7) is 2.77. The summed E-state index contributed by atoms with van der Waals surface area (Å²) in [6.07, 6.45) is 3.34. The molecule has 1 aliphatic heterocycles. The molecule has 2 rings (SSSR count). The fraction of sp³-hybridized carbons (Fsp3) is 0.600. The van der Waals surface area contributed by atoms with Gasteiger partial charge in [0.15, 0.2) is 0 Å². The zero-order valence-corrected chi connectivity index (χ0v) is 8.81. The van der Waals surface area contributed by atoms with Gasteiger partial charge in [-0.2, -0.15) is 5.10 Å². The molecule has 0 aliphatic carbocycles. The SMILES string of the molecule is CC1CC(N)CCN1C(=O)c1ccn[nH]1. The molecule has 0 bridgehead atoms. The van der Waals surface area contributed by atoms with Gasteiger partial charge >= 0.3 is 0 Å². The molecule has 1 aromatic heterocycles. The highest BCUT2D eigenvalue weighted by Crippen LogP contribution is 2.17. The first-order valence-corrected chi connectivity index (χ1v) is 5.24. The van der Waals surface area contributed by atoms with E-state index in [9.17, 15) is 4.79 Å². The van der Waals surface area contributed by atoms with Crippen LogP contribution in [0.2, 0.25) is 0 Å². The Kier molecular flexibility index (Phi) is 2.73.